The molecule has 0 aromatic heterocycles. The molecule has 1 aromatic carbocycles. The van der Waals surface area contributed by atoms with E-state index in [0.29, 0.717) is 0 Å². The van der Waals surface area contributed by atoms with Crippen molar-refractivity contribution >= 4 is 17.4 Å². The number of carbonyl (C=O) groups excluding carboxylic acids is 1. The molecular formula is C11H11F4N3O3. The smallest absolute Gasteiger partial charge is 0.409 e. The van der Waals surface area contributed by atoms with E-state index in [2.05, 4.69) is 15.2 Å². The predicted octanol–water partition coefficient (Wildman–Crippen LogP) is 1.44. The Morgan fingerprint density at radius 3 is 2.67 bits per heavy atom. The fourth-order valence-electron chi connectivity index (χ4n) is 1.38. The van der Waals surface area contributed by atoms with Gasteiger partial charge in [0.1, 0.15) is 19.0 Å². The first kappa shape index (κ1) is 16.7. The third kappa shape index (κ3) is 5.26. The van der Waals surface area contributed by atoms with Crippen LogP contribution in [0.4, 0.5) is 23.2 Å². The third-order valence-electron chi connectivity index (χ3n) is 2.15. The Labute approximate surface area is 116 Å². The predicted molar refractivity (Wildman–Crippen MR) is 64.4 cm³/mol. The normalized spacial score (nSPS) is 12.3. The zero-order chi connectivity index (χ0) is 16.0. The van der Waals surface area contributed by atoms with Crippen LogP contribution < -0.4 is 11.1 Å². The van der Waals surface area contributed by atoms with Crippen LogP contribution >= 0.6 is 0 Å². The van der Waals surface area contributed by atoms with Gasteiger partial charge in [0.25, 0.3) is 0 Å². The first-order chi connectivity index (χ1) is 9.74. The van der Waals surface area contributed by atoms with E-state index in [9.17, 15) is 22.4 Å². The lowest BCUT2D eigenvalue weighted by atomic mass is 10.1. The van der Waals surface area contributed by atoms with E-state index >= 15 is 0 Å². The van der Waals surface area contributed by atoms with Gasteiger partial charge in [-0.25, -0.2) is 4.39 Å². The highest BCUT2D eigenvalue weighted by atomic mass is 19.4. The van der Waals surface area contributed by atoms with E-state index in [0.717, 1.165) is 6.07 Å². The maximum atomic E-state index is 13.5. The van der Waals surface area contributed by atoms with E-state index in [1.54, 1.807) is 0 Å². The molecule has 0 aliphatic carbocycles. The minimum atomic E-state index is -4.56. The topological polar surface area (TPSA) is 96.9 Å². The van der Waals surface area contributed by atoms with Crippen LogP contribution in [0.1, 0.15) is 5.56 Å². The highest BCUT2D eigenvalue weighted by molar-refractivity contribution is 6.05. The van der Waals surface area contributed by atoms with Crippen molar-refractivity contribution in [2.75, 3.05) is 18.5 Å². The van der Waals surface area contributed by atoms with Crippen LogP contribution in [0, 0.1) is 5.82 Å². The van der Waals surface area contributed by atoms with E-state index in [-0.39, 0.29) is 11.3 Å². The summed E-state index contributed by atoms with van der Waals surface area (Å²) in [6.45, 7) is -2.47. The molecule has 0 saturated heterocycles. The van der Waals surface area contributed by atoms with Gasteiger partial charge >= 0.3 is 6.18 Å². The van der Waals surface area contributed by atoms with Gasteiger partial charge in [0.2, 0.25) is 5.91 Å². The maximum Gasteiger partial charge on any atom is 0.411 e. The van der Waals surface area contributed by atoms with Gasteiger partial charge in [0.15, 0.2) is 5.84 Å². The highest BCUT2D eigenvalue weighted by Crippen LogP contribution is 2.19. The van der Waals surface area contributed by atoms with Gasteiger partial charge in [0, 0.05) is 0 Å². The molecule has 10 heteroatoms. The van der Waals surface area contributed by atoms with Gasteiger partial charge in [-0.3, -0.25) is 4.79 Å². The molecule has 0 heterocycles. The summed E-state index contributed by atoms with van der Waals surface area (Å²) in [6, 6.07) is 3.47. The average Bonchev–Trinajstić information content (AvgIpc) is 2.36. The summed E-state index contributed by atoms with van der Waals surface area (Å²) in [6.07, 6.45) is -4.56. The van der Waals surface area contributed by atoms with Gasteiger partial charge in [-0.15, -0.1) is 0 Å². The number of benzene rings is 1. The van der Waals surface area contributed by atoms with Crippen molar-refractivity contribution in [3.8, 4) is 0 Å². The number of carbonyl (C=O) groups is 1. The van der Waals surface area contributed by atoms with Crippen molar-refractivity contribution in [1.82, 2.24) is 0 Å². The van der Waals surface area contributed by atoms with Crippen molar-refractivity contribution in [2.24, 2.45) is 10.9 Å². The first-order valence-corrected chi connectivity index (χ1v) is 5.45. The maximum absolute atomic E-state index is 13.5. The molecule has 0 atom stereocenters. The van der Waals surface area contributed by atoms with E-state index in [1.807, 2.05) is 0 Å². The molecule has 0 spiro atoms. The number of nitrogens with one attached hydrogen (secondary N) is 1. The van der Waals surface area contributed by atoms with Crippen LogP contribution in [0.25, 0.3) is 0 Å². The number of rotatable bonds is 5. The molecule has 116 valence electrons. The van der Waals surface area contributed by atoms with Crippen LogP contribution in [0.3, 0.4) is 0 Å². The number of halogens is 4. The number of oxime groups is 1. The Balaban J connectivity index is 2.75. The zero-order valence-electron chi connectivity index (χ0n) is 10.4. The van der Waals surface area contributed by atoms with Crippen LogP contribution in [-0.4, -0.2) is 36.3 Å². The minimum Gasteiger partial charge on any atom is -0.409 e. The zero-order valence-corrected chi connectivity index (χ0v) is 10.4. The number of amides is 1. The lowest BCUT2D eigenvalue weighted by molar-refractivity contribution is -0.174. The summed E-state index contributed by atoms with van der Waals surface area (Å²) in [4.78, 5) is 11.4. The van der Waals surface area contributed by atoms with Crippen molar-refractivity contribution in [3.63, 3.8) is 0 Å². The Morgan fingerprint density at radius 1 is 1.43 bits per heavy atom. The molecule has 1 amide bonds. The van der Waals surface area contributed by atoms with Crippen molar-refractivity contribution in [3.05, 3.63) is 29.6 Å². The number of hydrogen-bond acceptors (Lipinski definition) is 4. The molecular weight excluding hydrogens is 298 g/mol. The number of ether oxygens (including phenoxy) is 1. The molecule has 0 radical (unpaired) electrons. The SMILES string of the molecule is N/C(=N/O)c1c(F)cccc1NC(=O)COCC(F)(F)F. The molecule has 0 saturated carbocycles. The molecule has 1 rings (SSSR count). The first-order valence-electron chi connectivity index (χ1n) is 5.45. The lowest BCUT2D eigenvalue weighted by Crippen LogP contribution is -2.25. The summed E-state index contributed by atoms with van der Waals surface area (Å²) in [5.41, 5.74) is 4.71. The number of nitrogens with two attached hydrogens (primary N) is 1. The summed E-state index contributed by atoms with van der Waals surface area (Å²) >= 11 is 0. The van der Waals surface area contributed by atoms with Gasteiger partial charge in [-0.1, -0.05) is 11.2 Å². The quantitative estimate of drug-likeness (QED) is 0.252. The third-order valence-corrected chi connectivity index (χ3v) is 2.15. The molecule has 6 nitrogen and oxygen atoms in total. The standard InChI is InChI=1S/C11H11F4N3O3/c12-6-2-1-3-7(9(6)10(16)18-20)17-8(19)4-21-5-11(13,14)15/h1-3,20H,4-5H2,(H2,16,18)(H,17,19). The summed E-state index contributed by atoms with van der Waals surface area (Å²) in [5.74, 6) is -2.42. The molecule has 0 aliphatic rings. The van der Waals surface area contributed by atoms with Crippen molar-refractivity contribution < 1.29 is 32.3 Å². The van der Waals surface area contributed by atoms with E-state index in [1.165, 1.54) is 12.1 Å². The van der Waals surface area contributed by atoms with Crippen molar-refractivity contribution in [1.29, 1.82) is 0 Å². The molecule has 1 aromatic rings. The van der Waals surface area contributed by atoms with Crippen LogP contribution in [0.5, 0.6) is 0 Å². The van der Waals surface area contributed by atoms with Crippen LogP contribution in [0.2, 0.25) is 0 Å². The Bertz CT molecular complexity index is 546. The number of hydrogen-bond donors (Lipinski definition) is 3. The number of alkyl halides is 3. The molecule has 0 aliphatic heterocycles. The second-order valence-electron chi connectivity index (χ2n) is 3.80. The number of nitrogens with zero attached hydrogens (tertiary/aromatic N) is 1. The summed E-state index contributed by atoms with van der Waals surface area (Å²) < 4.78 is 53.2. The van der Waals surface area contributed by atoms with Gasteiger partial charge in [-0.2, -0.15) is 13.2 Å². The molecule has 0 fully saturated rings. The van der Waals surface area contributed by atoms with Crippen LogP contribution in [0.15, 0.2) is 23.4 Å². The fourth-order valence-corrected chi connectivity index (χ4v) is 1.38. The van der Waals surface area contributed by atoms with E-state index in [4.69, 9.17) is 10.9 Å². The number of anilines is 1. The molecule has 4 N–H and O–H groups in total. The second kappa shape index (κ2) is 6.88. The minimum absolute atomic E-state index is 0.161. The summed E-state index contributed by atoms with van der Waals surface area (Å²) in [5, 5.41) is 13.3. The average molecular weight is 309 g/mol. The van der Waals surface area contributed by atoms with Gasteiger partial charge < -0.3 is 21.0 Å². The lowest BCUT2D eigenvalue weighted by Gasteiger charge is -2.11. The van der Waals surface area contributed by atoms with Crippen LogP contribution in [-0.2, 0) is 9.53 Å². The Morgan fingerprint density at radius 2 is 2.10 bits per heavy atom. The van der Waals surface area contributed by atoms with Crippen molar-refractivity contribution in [2.45, 2.75) is 6.18 Å². The molecule has 0 unspecified atom stereocenters. The van der Waals surface area contributed by atoms with Gasteiger partial charge in [-0.05, 0) is 12.1 Å². The highest BCUT2D eigenvalue weighted by Gasteiger charge is 2.27. The Hall–Kier alpha value is -2.36. The molecule has 21 heavy (non-hydrogen) atoms. The Kier molecular flexibility index (Phi) is 5.47. The van der Waals surface area contributed by atoms with Gasteiger partial charge in [0.05, 0.1) is 11.3 Å². The molecule has 0 bridgehead atoms. The monoisotopic (exact) mass is 309 g/mol. The number of amidine groups is 1. The largest absolute Gasteiger partial charge is 0.411 e. The summed E-state index contributed by atoms with van der Waals surface area (Å²) in [7, 11) is 0. The second-order valence-corrected chi connectivity index (χ2v) is 3.80. The van der Waals surface area contributed by atoms with E-state index < -0.39 is 37.0 Å². The fraction of sp³-hybridized carbons (Fsp3) is 0.273.